The van der Waals surface area contributed by atoms with Crippen molar-refractivity contribution in [3.05, 3.63) is 188 Å². The van der Waals surface area contributed by atoms with E-state index in [0.717, 1.165) is 33.9 Å². The number of nitrogens with zero attached hydrogens (tertiary/aromatic N) is 10. The van der Waals surface area contributed by atoms with Gasteiger partial charge < -0.3 is 20.1 Å². The second-order valence-electron chi connectivity index (χ2n) is 17.2. The number of H-pyrrole nitrogens is 2. The average Bonchev–Trinajstić information content (AvgIpc) is 4.28. The van der Waals surface area contributed by atoms with Gasteiger partial charge >= 0.3 is 12.1 Å². The molecule has 75 heavy (non-hydrogen) atoms. The summed E-state index contributed by atoms with van der Waals surface area (Å²) in [5, 5.41) is 42.9. The molecule has 10 aromatic rings. The zero-order valence-corrected chi connectivity index (χ0v) is 40.7. The highest BCUT2D eigenvalue weighted by Crippen LogP contribution is 2.29. The van der Waals surface area contributed by atoms with Crippen LogP contribution in [0.15, 0.2) is 165 Å². The molecule has 0 spiro atoms. The minimum absolute atomic E-state index is 0.147. The van der Waals surface area contributed by atoms with E-state index in [1.165, 1.54) is 12.1 Å². The Kier molecular flexibility index (Phi) is 15.0. The Balaban J connectivity index is 0.000000184. The predicted molar refractivity (Wildman–Crippen MR) is 280 cm³/mol. The molecule has 0 aliphatic carbocycles. The predicted octanol–water partition coefficient (Wildman–Crippen LogP) is 11.8. The maximum Gasteiger partial charge on any atom is 0.324 e. The lowest BCUT2D eigenvalue weighted by atomic mass is 10.1. The number of pyridine rings is 3. The van der Waals surface area contributed by atoms with Gasteiger partial charge in [-0.05, 0) is 109 Å². The number of aromatic amines is 2. The van der Waals surface area contributed by atoms with Crippen molar-refractivity contribution >= 4 is 35.1 Å². The number of ether oxygens (including phenoxy) is 2. The quantitative estimate of drug-likeness (QED) is 0.0595. The summed E-state index contributed by atoms with van der Waals surface area (Å²) in [6.45, 7) is 8.05. The number of halogens is 1. The second kappa shape index (κ2) is 22.7. The molecule has 0 saturated heterocycles. The number of hydrogen-bond acceptors (Lipinski definition) is 12. The van der Waals surface area contributed by atoms with Crippen LogP contribution < -0.4 is 30.7 Å². The third kappa shape index (κ3) is 12.7. The van der Waals surface area contributed by atoms with Crippen LogP contribution in [0.2, 0.25) is 0 Å². The summed E-state index contributed by atoms with van der Waals surface area (Å²) < 4.78 is 28.4. The van der Waals surface area contributed by atoms with Gasteiger partial charge in [0.1, 0.15) is 52.2 Å². The zero-order chi connectivity index (χ0) is 52.3. The minimum atomic E-state index is -0.439. The molecule has 7 heterocycles. The number of nitriles is 1. The highest BCUT2D eigenvalue weighted by molar-refractivity contribution is 6.00. The molecule has 6 N–H and O–H groups in total. The Morgan fingerprint density at radius 2 is 1.03 bits per heavy atom. The van der Waals surface area contributed by atoms with Crippen LogP contribution in [0.25, 0.3) is 33.9 Å². The molecular formula is C54H47FN16O4. The van der Waals surface area contributed by atoms with Gasteiger partial charge in [0, 0.05) is 71.6 Å². The van der Waals surface area contributed by atoms with Crippen molar-refractivity contribution in [3.63, 3.8) is 0 Å². The number of carbonyl (C=O) groups is 2. The van der Waals surface area contributed by atoms with Gasteiger partial charge in [0.15, 0.2) is 0 Å². The number of anilines is 4. The Hall–Kier alpha value is -10.5. The van der Waals surface area contributed by atoms with E-state index in [4.69, 9.17) is 14.7 Å². The van der Waals surface area contributed by atoms with Crippen molar-refractivity contribution in [2.45, 2.75) is 39.5 Å². The number of hydrogen-bond donors (Lipinski definition) is 6. The Labute approximate surface area is 428 Å². The molecular weight excluding hydrogens is 956 g/mol. The van der Waals surface area contributed by atoms with E-state index in [-0.39, 0.29) is 17.7 Å². The standard InChI is InChI=1S/C27H24FN7O2.C27H23N9O2/c1-17(2)24-14-26(35(34-24)21-7-3-19(28)4-8-21)33-27(36)32-20-5-9-22(10-6-20)37-23-11-12-29-25(13-23)18-15-30-31-16-18;1-17(2)24-12-26(36(35-24)21-6-3-20(13-28)30-16-21)34-27(37)33-19-4-7-22(8-5-19)38-23-9-10-29-25(11-23)18-14-31-32-15-18/h3-17H,1-2H3,(H,30,31)(H2,32,33,36);3-12,14-17H,1-2H3,(H,31,32)(H2,33,34,37). The van der Waals surface area contributed by atoms with E-state index in [0.29, 0.717) is 63.1 Å². The molecule has 21 heteroatoms. The largest absolute Gasteiger partial charge is 0.457 e. The Morgan fingerprint density at radius 3 is 1.44 bits per heavy atom. The fraction of sp³-hybridized carbons (Fsp3) is 0.111. The smallest absolute Gasteiger partial charge is 0.324 e. The number of aromatic nitrogens is 11. The molecule has 374 valence electrons. The van der Waals surface area contributed by atoms with Gasteiger partial charge in [-0.3, -0.25) is 30.8 Å². The van der Waals surface area contributed by atoms with Crippen LogP contribution in [0.3, 0.4) is 0 Å². The van der Waals surface area contributed by atoms with E-state index in [1.807, 2.05) is 52.0 Å². The van der Waals surface area contributed by atoms with Crippen LogP contribution in [-0.4, -0.2) is 67.0 Å². The first-order chi connectivity index (χ1) is 36.4. The maximum absolute atomic E-state index is 13.4. The summed E-state index contributed by atoms with van der Waals surface area (Å²) >= 11 is 0. The highest BCUT2D eigenvalue weighted by atomic mass is 19.1. The first-order valence-electron chi connectivity index (χ1n) is 23.4. The van der Waals surface area contributed by atoms with Crippen molar-refractivity contribution in [3.8, 4) is 63.0 Å². The zero-order valence-electron chi connectivity index (χ0n) is 40.7. The average molecular weight is 1000 g/mol. The molecule has 7 aromatic heterocycles. The van der Waals surface area contributed by atoms with Crippen molar-refractivity contribution < 1.29 is 23.5 Å². The van der Waals surface area contributed by atoms with Crippen LogP contribution in [0.5, 0.6) is 23.0 Å². The number of nitrogens with one attached hydrogen (secondary N) is 6. The second-order valence-corrected chi connectivity index (χ2v) is 17.2. The number of carbonyl (C=O) groups excluding carboxylic acids is 2. The summed E-state index contributed by atoms with van der Waals surface area (Å²) in [6.07, 6.45) is 11.8. The van der Waals surface area contributed by atoms with Crippen LogP contribution >= 0.6 is 0 Å². The topological polar surface area (TPSA) is 256 Å². The summed E-state index contributed by atoms with van der Waals surface area (Å²) in [5.41, 5.74) is 7.52. The van der Waals surface area contributed by atoms with Crippen LogP contribution in [0, 0.1) is 17.1 Å². The van der Waals surface area contributed by atoms with Gasteiger partial charge in [-0.25, -0.2) is 28.3 Å². The van der Waals surface area contributed by atoms with E-state index >= 15 is 0 Å². The summed E-state index contributed by atoms with van der Waals surface area (Å²) in [4.78, 5) is 38.3. The van der Waals surface area contributed by atoms with Gasteiger partial charge in [0.2, 0.25) is 0 Å². The number of amides is 4. The molecule has 0 radical (unpaired) electrons. The number of urea groups is 2. The van der Waals surface area contributed by atoms with Crippen molar-refractivity contribution in [2.24, 2.45) is 0 Å². The van der Waals surface area contributed by atoms with Gasteiger partial charge in [0.25, 0.3) is 0 Å². The molecule has 0 unspecified atom stereocenters. The van der Waals surface area contributed by atoms with Gasteiger partial charge in [-0.2, -0.15) is 25.7 Å². The summed E-state index contributed by atoms with van der Waals surface area (Å²) in [6, 6.07) is 35.2. The summed E-state index contributed by atoms with van der Waals surface area (Å²) in [7, 11) is 0. The van der Waals surface area contributed by atoms with Gasteiger partial charge in [0.05, 0.1) is 52.7 Å². The molecule has 3 aromatic carbocycles. The first kappa shape index (κ1) is 49.5. The monoisotopic (exact) mass is 1000 g/mol. The SMILES string of the molecule is CC(C)c1cc(NC(=O)Nc2ccc(Oc3ccnc(-c4cn[nH]c4)c3)cc2)n(-c2ccc(C#N)nc2)n1.CC(C)c1cc(NC(=O)Nc2ccc(Oc3ccnc(-c4cn[nH]c4)c3)cc2)n(-c2ccc(F)cc2)n1. The van der Waals surface area contributed by atoms with E-state index in [1.54, 1.807) is 144 Å². The first-order valence-corrected chi connectivity index (χ1v) is 23.4. The Morgan fingerprint density at radius 1 is 0.560 bits per heavy atom. The van der Waals surface area contributed by atoms with E-state index in [2.05, 4.69) is 66.8 Å². The van der Waals surface area contributed by atoms with E-state index < -0.39 is 12.1 Å². The molecule has 4 amide bonds. The Bertz CT molecular complexity index is 3550. The number of rotatable bonds is 14. The minimum Gasteiger partial charge on any atom is -0.457 e. The lowest BCUT2D eigenvalue weighted by molar-refractivity contribution is 0.261. The fourth-order valence-corrected chi connectivity index (χ4v) is 7.18. The highest BCUT2D eigenvalue weighted by Gasteiger charge is 2.17. The van der Waals surface area contributed by atoms with Gasteiger partial charge in [-0.1, -0.05) is 27.7 Å². The number of benzene rings is 3. The summed E-state index contributed by atoms with van der Waals surface area (Å²) in [5.74, 6) is 3.36. The van der Waals surface area contributed by atoms with Crippen molar-refractivity contribution in [2.75, 3.05) is 21.3 Å². The van der Waals surface area contributed by atoms with Crippen LogP contribution in [-0.2, 0) is 0 Å². The third-order valence-corrected chi connectivity index (χ3v) is 11.0. The van der Waals surface area contributed by atoms with Crippen molar-refractivity contribution in [1.82, 2.24) is 54.9 Å². The molecule has 0 bridgehead atoms. The molecule has 0 aliphatic heterocycles. The van der Waals surface area contributed by atoms with Crippen LogP contribution in [0.4, 0.5) is 37.0 Å². The normalized spacial score (nSPS) is 10.8. The fourth-order valence-electron chi connectivity index (χ4n) is 7.18. The lowest BCUT2D eigenvalue weighted by Gasteiger charge is -2.11. The third-order valence-electron chi connectivity index (χ3n) is 11.0. The lowest BCUT2D eigenvalue weighted by Crippen LogP contribution is -2.21. The molecule has 0 saturated carbocycles. The molecule has 20 nitrogen and oxygen atoms in total. The van der Waals surface area contributed by atoms with Crippen LogP contribution in [0.1, 0.15) is 56.6 Å². The maximum atomic E-state index is 13.4. The van der Waals surface area contributed by atoms with Gasteiger partial charge in [-0.15, -0.1) is 0 Å². The van der Waals surface area contributed by atoms with Crippen molar-refractivity contribution in [1.29, 1.82) is 5.26 Å². The molecule has 0 fully saturated rings. The van der Waals surface area contributed by atoms with E-state index in [9.17, 15) is 14.0 Å². The molecule has 10 rings (SSSR count). The molecule has 0 aliphatic rings. The molecule has 0 atom stereocenters.